The molecular formula is C33H41N13O7S3. The van der Waals surface area contributed by atoms with Crippen molar-refractivity contribution in [3.8, 4) is 0 Å². The Morgan fingerprint density at radius 3 is 1.50 bits per heavy atom. The molecule has 3 atom stereocenters. The van der Waals surface area contributed by atoms with Gasteiger partial charge in [-0.2, -0.15) is 28.2 Å². The maximum absolute atomic E-state index is 12.8. The number of hydrogen-bond acceptors (Lipinski definition) is 13. The summed E-state index contributed by atoms with van der Waals surface area (Å²) in [6.45, 7) is 5.33. The van der Waals surface area contributed by atoms with E-state index in [-0.39, 0.29) is 33.7 Å². The molecule has 0 bridgehead atoms. The Morgan fingerprint density at radius 1 is 0.625 bits per heavy atom. The smallest absolute Gasteiger partial charge is 0.261 e. The highest BCUT2D eigenvalue weighted by Gasteiger charge is 2.41. The molecule has 298 valence electrons. The van der Waals surface area contributed by atoms with Crippen LogP contribution in [-0.4, -0.2) is 127 Å². The predicted octanol–water partition coefficient (Wildman–Crippen LogP) is 1.86. The summed E-state index contributed by atoms with van der Waals surface area (Å²) >= 11 is 0. The largest absolute Gasteiger partial charge is 0.368 e. The van der Waals surface area contributed by atoms with E-state index in [2.05, 4.69) is 45.5 Å². The molecule has 5 N–H and O–H groups in total. The van der Waals surface area contributed by atoms with Crippen molar-refractivity contribution in [2.45, 2.75) is 85.6 Å². The first kappa shape index (κ1) is 39.3. The lowest BCUT2D eigenvalue weighted by molar-refractivity contribution is -0.121. The van der Waals surface area contributed by atoms with Gasteiger partial charge in [0.1, 0.15) is 6.04 Å². The van der Waals surface area contributed by atoms with Crippen molar-refractivity contribution >= 4 is 69.1 Å². The third-order valence-electron chi connectivity index (χ3n) is 10.1. The van der Waals surface area contributed by atoms with E-state index in [1.54, 1.807) is 53.1 Å². The van der Waals surface area contributed by atoms with Crippen LogP contribution in [0.2, 0.25) is 0 Å². The predicted molar refractivity (Wildman–Crippen MR) is 203 cm³/mol. The Labute approximate surface area is 322 Å². The zero-order valence-corrected chi connectivity index (χ0v) is 32.9. The molecule has 0 radical (unpaired) electrons. The minimum Gasteiger partial charge on any atom is -0.368 e. The first-order valence-corrected chi connectivity index (χ1v) is 22.3. The average Bonchev–Trinajstić information content (AvgIpc) is 4.03. The standard InChI is InChI=1S/C12H16N4O2S.C11H13N5O3S.C10H12N4O2S/c1-8-5-6-9(2)16(8)19(17,18)12-10-4-3-7-13-11(10)14-15-12;12-9(17)8-4-2-6-16(8)20(18,19)11-7-3-1-5-13-10(7)14-15-11;15-17(16,14-6-1-2-7-14)10-8-4-3-5-11-9(8)12-13-10/h3-4,7-9H,5-6H2,1-2H3,(H,13,14,15);1,3,5,8H,2,4,6H2,(H2,12,17)(H,13,14,15);3-5H,1-2,6-7H2,(H,11,12,13)/t;8-;/m.0./s1. The molecule has 6 aromatic heterocycles. The van der Waals surface area contributed by atoms with Crippen molar-refractivity contribution < 1.29 is 30.0 Å². The van der Waals surface area contributed by atoms with E-state index in [1.807, 2.05) is 13.8 Å². The molecule has 0 aromatic carbocycles. The van der Waals surface area contributed by atoms with Crippen LogP contribution in [0.3, 0.4) is 0 Å². The van der Waals surface area contributed by atoms with Crippen molar-refractivity contribution in [2.24, 2.45) is 5.73 Å². The number of aromatic nitrogens is 9. The van der Waals surface area contributed by atoms with E-state index < -0.39 is 42.0 Å². The van der Waals surface area contributed by atoms with Gasteiger partial charge in [-0.05, 0) is 88.8 Å². The molecule has 56 heavy (non-hydrogen) atoms. The Balaban J connectivity index is 0.000000129. The van der Waals surface area contributed by atoms with E-state index >= 15 is 0 Å². The van der Waals surface area contributed by atoms with E-state index in [4.69, 9.17) is 5.73 Å². The van der Waals surface area contributed by atoms with Crippen LogP contribution in [0.4, 0.5) is 0 Å². The quantitative estimate of drug-likeness (QED) is 0.179. The first-order valence-electron chi connectivity index (χ1n) is 17.9. The summed E-state index contributed by atoms with van der Waals surface area (Å²) in [5, 5.41) is 21.2. The van der Waals surface area contributed by atoms with E-state index in [0.717, 1.165) is 30.0 Å². The van der Waals surface area contributed by atoms with Crippen LogP contribution in [0, 0.1) is 0 Å². The summed E-state index contributed by atoms with van der Waals surface area (Å²) in [4.78, 5) is 23.4. The number of nitrogens with one attached hydrogen (secondary N) is 3. The molecular weight excluding hydrogens is 787 g/mol. The third-order valence-corrected chi connectivity index (χ3v) is 15.9. The second kappa shape index (κ2) is 15.5. The number of primary amides is 1. The van der Waals surface area contributed by atoms with Gasteiger partial charge in [0.05, 0.1) is 16.2 Å². The second-order valence-corrected chi connectivity index (χ2v) is 19.2. The molecule has 9 rings (SSSR count). The SMILES string of the molecule is CC1CCC(C)N1S(=O)(=O)c1[nH]nc2ncccc12.NC(=O)[C@@H]1CCCN1S(=O)(=O)c1[nH]nc2ncccc12.O=S(=O)(c1[nH]nc2ncccc12)N1CCCC1. The van der Waals surface area contributed by atoms with Gasteiger partial charge in [-0.15, -0.1) is 0 Å². The molecule has 0 aliphatic carbocycles. The average molecular weight is 828 g/mol. The minimum absolute atomic E-state index is 0.0232. The number of sulfonamides is 3. The molecule has 0 spiro atoms. The molecule has 3 aliphatic heterocycles. The van der Waals surface area contributed by atoms with E-state index in [0.29, 0.717) is 59.0 Å². The number of aromatic amines is 3. The Morgan fingerprint density at radius 2 is 1.05 bits per heavy atom. The van der Waals surface area contributed by atoms with Gasteiger partial charge in [-0.25, -0.2) is 40.2 Å². The van der Waals surface area contributed by atoms with Crippen LogP contribution in [0.5, 0.6) is 0 Å². The van der Waals surface area contributed by atoms with Gasteiger partial charge in [-0.1, -0.05) is 0 Å². The number of nitrogens with zero attached hydrogens (tertiary/aromatic N) is 9. The number of pyridine rings is 3. The number of H-pyrrole nitrogens is 3. The van der Waals surface area contributed by atoms with Crippen LogP contribution < -0.4 is 5.73 Å². The third kappa shape index (κ3) is 7.25. The molecule has 3 aliphatic rings. The molecule has 9 heterocycles. The lowest BCUT2D eigenvalue weighted by Crippen LogP contribution is -2.43. The van der Waals surface area contributed by atoms with Gasteiger partial charge in [0.2, 0.25) is 5.91 Å². The number of carbonyl (C=O) groups is 1. The minimum atomic E-state index is -3.84. The second-order valence-electron chi connectivity index (χ2n) is 13.7. The van der Waals surface area contributed by atoms with Crippen molar-refractivity contribution in [3.05, 3.63) is 55.0 Å². The summed E-state index contributed by atoms with van der Waals surface area (Å²) in [6.07, 6.45) is 9.40. The van der Waals surface area contributed by atoms with Crippen LogP contribution in [0.15, 0.2) is 70.1 Å². The number of amides is 1. The molecule has 23 heteroatoms. The van der Waals surface area contributed by atoms with Gasteiger partial charge in [0.15, 0.2) is 32.0 Å². The molecule has 0 saturated carbocycles. The first-order chi connectivity index (χ1) is 26.7. The van der Waals surface area contributed by atoms with Gasteiger partial charge < -0.3 is 5.73 Å². The van der Waals surface area contributed by atoms with Gasteiger partial charge in [0, 0.05) is 50.3 Å². The lowest BCUT2D eigenvalue weighted by atomic mass is 10.2. The summed E-state index contributed by atoms with van der Waals surface area (Å²) in [7, 11) is -10.8. The van der Waals surface area contributed by atoms with Crippen LogP contribution in [0.1, 0.15) is 52.4 Å². The zero-order valence-electron chi connectivity index (χ0n) is 30.5. The fourth-order valence-corrected chi connectivity index (χ4v) is 12.6. The highest BCUT2D eigenvalue weighted by atomic mass is 32.2. The molecule has 20 nitrogen and oxygen atoms in total. The maximum Gasteiger partial charge on any atom is 0.261 e. The fraction of sp³-hybridized carbons (Fsp3) is 0.424. The highest BCUT2D eigenvalue weighted by molar-refractivity contribution is 7.89. The summed E-state index contributed by atoms with van der Waals surface area (Å²) in [5.74, 6) is -0.631. The van der Waals surface area contributed by atoms with Crippen molar-refractivity contribution in [2.75, 3.05) is 19.6 Å². The van der Waals surface area contributed by atoms with Gasteiger partial charge in [0.25, 0.3) is 30.1 Å². The highest BCUT2D eigenvalue weighted by Crippen LogP contribution is 2.32. The topological polar surface area (TPSA) is 280 Å². The lowest BCUT2D eigenvalue weighted by Gasteiger charge is -2.24. The van der Waals surface area contributed by atoms with Crippen molar-refractivity contribution in [3.63, 3.8) is 0 Å². The Kier molecular flexibility index (Phi) is 10.9. The van der Waals surface area contributed by atoms with Gasteiger partial charge in [-0.3, -0.25) is 20.1 Å². The number of fused-ring (bicyclic) bond motifs is 3. The molecule has 2 unspecified atom stereocenters. The fourth-order valence-electron chi connectivity index (χ4n) is 7.31. The number of hydrogen-bond donors (Lipinski definition) is 4. The number of carbonyl (C=O) groups excluding carboxylic acids is 1. The van der Waals surface area contributed by atoms with E-state index in [9.17, 15) is 30.0 Å². The molecule has 3 saturated heterocycles. The summed E-state index contributed by atoms with van der Waals surface area (Å²) in [6, 6.07) is 9.37. The normalized spacial score (nSPS) is 21.3. The monoisotopic (exact) mass is 827 g/mol. The van der Waals surface area contributed by atoms with Crippen LogP contribution in [-0.2, 0) is 34.9 Å². The van der Waals surface area contributed by atoms with Crippen molar-refractivity contribution in [1.82, 2.24) is 58.5 Å². The maximum atomic E-state index is 12.8. The Hall–Kier alpha value is -4.94. The van der Waals surface area contributed by atoms with E-state index in [1.165, 1.54) is 10.5 Å². The summed E-state index contributed by atoms with van der Waals surface area (Å²) < 4.78 is 79.7. The molecule has 3 fully saturated rings. The number of rotatable bonds is 7. The number of nitrogens with two attached hydrogens (primary N) is 1. The van der Waals surface area contributed by atoms with Crippen LogP contribution >= 0.6 is 0 Å². The Bertz CT molecular complexity index is 2700. The van der Waals surface area contributed by atoms with Gasteiger partial charge >= 0.3 is 0 Å². The van der Waals surface area contributed by atoms with Crippen LogP contribution in [0.25, 0.3) is 33.1 Å². The zero-order chi connectivity index (χ0) is 39.8. The molecule has 6 aromatic rings. The van der Waals surface area contributed by atoms with Crippen molar-refractivity contribution in [1.29, 1.82) is 0 Å². The summed E-state index contributed by atoms with van der Waals surface area (Å²) in [5.41, 5.74) is 6.45. The molecule has 1 amide bonds.